The third-order valence-corrected chi connectivity index (χ3v) is 6.16. The molecule has 4 rings (SSSR count). The third kappa shape index (κ3) is 4.10. The molecule has 7 heteroatoms. The summed E-state index contributed by atoms with van der Waals surface area (Å²) in [4.78, 5) is 28.7. The number of halogens is 1. The van der Waals surface area contributed by atoms with Crippen molar-refractivity contribution in [1.29, 1.82) is 0 Å². The Morgan fingerprint density at radius 1 is 1.21 bits per heavy atom. The minimum atomic E-state index is -0.00740. The van der Waals surface area contributed by atoms with Gasteiger partial charge in [-0.25, -0.2) is 4.98 Å². The van der Waals surface area contributed by atoms with Crippen LogP contribution in [0.1, 0.15) is 37.0 Å². The van der Waals surface area contributed by atoms with Crippen molar-refractivity contribution in [2.75, 3.05) is 18.4 Å². The molecule has 29 heavy (non-hydrogen) atoms. The van der Waals surface area contributed by atoms with Gasteiger partial charge in [-0.1, -0.05) is 19.9 Å². The fraction of sp³-hybridized carbons (Fsp3) is 0.364. The van der Waals surface area contributed by atoms with Gasteiger partial charge >= 0.3 is 0 Å². The molecule has 1 unspecified atom stereocenters. The van der Waals surface area contributed by atoms with Crippen LogP contribution in [0.3, 0.4) is 0 Å². The molecule has 0 bridgehead atoms. The summed E-state index contributed by atoms with van der Waals surface area (Å²) in [6.45, 7) is 5.84. The van der Waals surface area contributed by atoms with E-state index >= 15 is 0 Å². The average Bonchev–Trinajstić information content (AvgIpc) is 2.72. The molecule has 1 N–H and O–H groups in total. The Morgan fingerprint density at radius 3 is 2.83 bits per heavy atom. The second-order valence-electron chi connectivity index (χ2n) is 8.08. The van der Waals surface area contributed by atoms with Gasteiger partial charge in [0.25, 0.3) is 5.91 Å². The van der Waals surface area contributed by atoms with E-state index in [1.807, 2.05) is 35.2 Å². The summed E-state index contributed by atoms with van der Waals surface area (Å²) in [5, 5.41) is 3.42. The van der Waals surface area contributed by atoms with Gasteiger partial charge in [-0.15, -0.1) is 0 Å². The zero-order chi connectivity index (χ0) is 20.4. The van der Waals surface area contributed by atoms with Crippen LogP contribution in [0.5, 0.6) is 0 Å². The molecule has 0 spiro atoms. The van der Waals surface area contributed by atoms with E-state index in [4.69, 9.17) is 0 Å². The summed E-state index contributed by atoms with van der Waals surface area (Å²) in [6.07, 6.45) is 7.12. The number of fused-ring (bicyclic) bond motifs is 1. The number of carbonyl (C=O) groups excluding carboxylic acids is 1. The van der Waals surface area contributed by atoms with Crippen LogP contribution in [0.4, 0.5) is 5.82 Å². The fourth-order valence-electron chi connectivity index (χ4n) is 4.08. The van der Waals surface area contributed by atoms with Crippen molar-refractivity contribution in [3.63, 3.8) is 0 Å². The number of pyridine rings is 1. The van der Waals surface area contributed by atoms with Gasteiger partial charge in [0.1, 0.15) is 11.3 Å². The van der Waals surface area contributed by atoms with Crippen LogP contribution in [0.15, 0.2) is 53.4 Å². The van der Waals surface area contributed by atoms with Gasteiger partial charge in [0, 0.05) is 36.2 Å². The molecule has 1 aliphatic heterocycles. The van der Waals surface area contributed by atoms with Gasteiger partial charge in [0.05, 0.1) is 17.1 Å². The summed E-state index contributed by atoms with van der Waals surface area (Å²) in [6, 6.07) is 9.55. The summed E-state index contributed by atoms with van der Waals surface area (Å²) >= 11 is 3.41. The Morgan fingerprint density at radius 2 is 2.03 bits per heavy atom. The summed E-state index contributed by atoms with van der Waals surface area (Å²) in [7, 11) is 0. The fourth-order valence-corrected chi connectivity index (χ4v) is 4.32. The zero-order valence-corrected chi connectivity index (χ0v) is 18.2. The number of anilines is 1. The number of piperidine rings is 1. The molecule has 0 radical (unpaired) electrons. The Bertz CT molecular complexity index is 1020. The molecule has 1 aliphatic rings. The van der Waals surface area contributed by atoms with Gasteiger partial charge < -0.3 is 10.2 Å². The number of hydrogen-bond acceptors (Lipinski definition) is 5. The number of hydrogen-bond donors (Lipinski definition) is 1. The summed E-state index contributed by atoms with van der Waals surface area (Å²) in [5.74, 6) is 0.817. The van der Waals surface area contributed by atoms with Gasteiger partial charge in [-0.05, 0) is 58.5 Å². The molecule has 3 aromatic rings. The quantitative estimate of drug-likeness (QED) is 0.627. The van der Waals surface area contributed by atoms with Crippen molar-refractivity contribution in [1.82, 2.24) is 19.9 Å². The molecule has 1 saturated heterocycles. The van der Waals surface area contributed by atoms with E-state index in [0.717, 1.165) is 35.2 Å². The van der Waals surface area contributed by atoms with Crippen LogP contribution in [0.2, 0.25) is 0 Å². The zero-order valence-electron chi connectivity index (χ0n) is 16.6. The molecule has 1 aromatic carbocycles. The second-order valence-corrected chi connectivity index (χ2v) is 8.99. The molecule has 150 valence electrons. The topological polar surface area (TPSA) is 71.0 Å². The molecule has 3 heterocycles. The SMILES string of the molecule is CC1(C)CCCN(C(=O)c2cccc3nccnc23)C1CNc1ccc(Br)cn1. The highest BCUT2D eigenvalue weighted by atomic mass is 79.9. The van der Waals surface area contributed by atoms with E-state index in [2.05, 4.69) is 50.0 Å². The molecule has 1 fully saturated rings. The largest absolute Gasteiger partial charge is 0.368 e. The van der Waals surface area contributed by atoms with E-state index in [9.17, 15) is 4.79 Å². The van der Waals surface area contributed by atoms with E-state index in [1.165, 1.54) is 0 Å². The van der Waals surface area contributed by atoms with Crippen LogP contribution in [-0.2, 0) is 0 Å². The smallest absolute Gasteiger partial charge is 0.256 e. The van der Waals surface area contributed by atoms with Crippen LogP contribution in [-0.4, -0.2) is 44.9 Å². The predicted octanol–water partition coefficient (Wildman–Crippen LogP) is 4.53. The number of benzene rings is 1. The highest BCUT2D eigenvalue weighted by molar-refractivity contribution is 9.10. The van der Waals surface area contributed by atoms with Crippen LogP contribution >= 0.6 is 15.9 Å². The standard InChI is InChI=1S/C22H24BrN5O/c1-22(2)9-4-12-28(18(22)14-27-19-8-7-15(23)13-26-19)21(29)16-5-3-6-17-20(16)25-11-10-24-17/h3,5-8,10-11,13,18H,4,9,12,14H2,1-2H3,(H,26,27). The maximum atomic E-state index is 13.6. The summed E-state index contributed by atoms with van der Waals surface area (Å²) < 4.78 is 0.940. The first-order valence-corrected chi connectivity index (χ1v) is 10.6. The summed E-state index contributed by atoms with van der Waals surface area (Å²) in [5.41, 5.74) is 2.00. The third-order valence-electron chi connectivity index (χ3n) is 5.69. The lowest BCUT2D eigenvalue weighted by Gasteiger charge is -2.46. The van der Waals surface area contributed by atoms with Gasteiger partial charge in [0.15, 0.2) is 0 Å². The van der Waals surface area contributed by atoms with Crippen molar-refractivity contribution in [2.45, 2.75) is 32.7 Å². The monoisotopic (exact) mass is 453 g/mol. The van der Waals surface area contributed by atoms with E-state index in [-0.39, 0.29) is 17.4 Å². The van der Waals surface area contributed by atoms with Crippen molar-refractivity contribution in [2.24, 2.45) is 5.41 Å². The highest BCUT2D eigenvalue weighted by Gasteiger charge is 2.40. The van der Waals surface area contributed by atoms with Crippen LogP contribution < -0.4 is 5.32 Å². The number of para-hydroxylation sites is 1. The number of rotatable bonds is 4. The van der Waals surface area contributed by atoms with E-state index < -0.39 is 0 Å². The number of amides is 1. The number of nitrogens with zero attached hydrogens (tertiary/aromatic N) is 4. The normalized spacial score (nSPS) is 18.6. The van der Waals surface area contributed by atoms with Crippen molar-refractivity contribution >= 4 is 38.7 Å². The number of aromatic nitrogens is 3. The Kier molecular flexibility index (Phi) is 5.50. The Hall–Kier alpha value is -2.54. The molecule has 2 aromatic heterocycles. The highest BCUT2D eigenvalue weighted by Crippen LogP contribution is 2.36. The molecule has 0 saturated carbocycles. The molecule has 1 atom stereocenters. The maximum absolute atomic E-state index is 13.6. The van der Waals surface area contributed by atoms with Gasteiger partial charge in [-0.3, -0.25) is 14.8 Å². The number of carbonyl (C=O) groups is 1. The Labute approximate surface area is 178 Å². The predicted molar refractivity (Wildman–Crippen MR) is 118 cm³/mol. The van der Waals surface area contributed by atoms with Gasteiger partial charge in [-0.2, -0.15) is 0 Å². The average molecular weight is 454 g/mol. The van der Waals surface area contributed by atoms with Crippen molar-refractivity contribution < 1.29 is 4.79 Å². The lowest BCUT2D eigenvalue weighted by molar-refractivity contribution is 0.0321. The molecular formula is C22H24BrN5O. The molecule has 0 aliphatic carbocycles. The molecule has 6 nitrogen and oxygen atoms in total. The maximum Gasteiger partial charge on any atom is 0.256 e. The van der Waals surface area contributed by atoms with Crippen LogP contribution in [0, 0.1) is 5.41 Å². The van der Waals surface area contributed by atoms with Crippen LogP contribution in [0.25, 0.3) is 11.0 Å². The molecule has 1 amide bonds. The first-order valence-electron chi connectivity index (χ1n) is 9.82. The van der Waals surface area contributed by atoms with Crippen molar-refractivity contribution in [3.05, 3.63) is 59.0 Å². The van der Waals surface area contributed by atoms with E-state index in [0.29, 0.717) is 17.6 Å². The lowest BCUT2D eigenvalue weighted by atomic mass is 9.76. The number of nitrogens with one attached hydrogen (secondary N) is 1. The Balaban J connectivity index is 1.62. The first-order chi connectivity index (χ1) is 14.0. The molecular weight excluding hydrogens is 430 g/mol. The second kappa shape index (κ2) is 8.06. The minimum absolute atomic E-state index is 0.00740. The number of likely N-dealkylation sites (tertiary alicyclic amines) is 1. The minimum Gasteiger partial charge on any atom is -0.368 e. The first kappa shape index (κ1) is 19.8. The van der Waals surface area contributed by atoms with Gasteiger partial charge in [0.2, 0.25) is 0 Å². The van der Waals surface area contributed by atoms with Crippen molar-refractivity contribution in [3.8, 4) is 0 Å². The lowest BCUT2D eigenvalue weighted by Crippen LogP contribution is -2.55. The van der Waals surface area contributed by atoms with E-state index in [1.54, 1.807) is 18.6 Å².